The summed E-state index contributed by atoms with van der Waals surface area (Å²) >= 11 is 0. The number of benzene rings is 2. The molecule has 1 aliphatic heterocycles. The molecule has 1 aliphatic rings. The van der Waals surface area contributed by atoms with E-state index in [1.807, 2.05) is 24.3 Å². The van der Waals surface area contributed by atoms with Gasteiger partial charge in [-0.25, -0.2) is 8.42 Å². The molecule has 0 aliphatic carbocycles. The Morgan fingerprint density at radius 1 is 1.24 bits per heavy atom. The number of hydrogen-bond donors (Lipinski definition) is 1. The van der Waals surface area contributed by atoms with E-state index in [0.29, 0.717) is 5.69 Å². The summed E-state index contributed by atoms with van der Waals surface area (Å²) in [6, 6.07) is 12.6. The molecule has 1 heterocycles. The molecule has 156 valence electrons. The highest BCUT2D eigenvalue weighted by Crippen LogP contribution is 2.33. The Balaban J connectivity index is 1.64. The van der Waals surface area contributed by atoms with Gasteiger partial charge in [-0.05, 0) is 61.3 Å². The average Bonchev–Trinajstić information content (AvgIpc) is 3.16. The number of halogens is 2. The monoisotopic (exact) mass is 424 g/mol. The molecule has 0 bridgehead atoms. The van der Waals surface area contributed by atoms with Gasteiger partial charge in [0.25, 0.3) is 0 Å². The fourth-order valence-corrected chi connectivity index (χ4v) is 4.18. The Hall–Kier alpha value is -2.52. The molecule has 0 saturated carbocycles. The number of nitrogens with zero attached hydrogens (tertiary/aromatic N) is 1. The second-order valence-electron chi connectivity index (χ2n) is 6.78. The number of likely N-dealkylation sites (tertiary alicyclic amines) is 1. The lowest BCUT2D eigenvalue weighted by Gasteiger charge is -2.24. The van der Waals surface area contributed by atoms with Gasteiger partial charge < -0.3 is 10.1 Å². The van der Waals surface area contributed by atoms with Gasteiger partial charge in [-0.3, -0.25) is 9.69 Å². The molecule has 1 amide bonds. The van der Waals surface area contributed by atoms with Crippen molar-refractivity contribution < 1.29 is 26.7 Å². The van der Waals surface area contributed by atoms with Crippen molar-refractivity contribution in [1.82, 2.24) is 4.90 Å². The Bertz CT molecular complexity index is 965. The van der Waals surface area contributed by atoms with Crippen LogP contribution in [0, 0.1) is 0 Å². The largest absolute Gasteiger partial charge is 0.497 e. The van der Waals surface area contributed by atoms with Crippen LogP contribution >= 0.6 is 0 Å². The van der Waals surface area contributed by atoms with Crippen molar-refractivity contribution in [2.75, 3.05) is 25.5 Å². The molecule has 0 spiro atoms. The second kappa shape index (κ2) is 8.87. The Labute approximate surface area is 168 Å². The molecule has 2 aromatic rings. The van der Waals surface area contributed by atoms with E-state index in [2.05, 4.69) is 10.2 Å². The molecular weight excluding hydrogens is 402 g/mol. The topological polar surface area (TPSA) is 75.7 Å². The van der Waals surface area contributed by atoms with Gasteiger partial charge in [-0.2, -0.15) is 8.78 Å². The molecule has 1 fully saturated rings. The Kier molecular flexibility index (Phi) is 6.49. The van der Waals surface area contributed by atoms with Crippen LogP contribution in [0.3, 0.4) is 0 Å². The fraction of sp³-hybridized carbons (Fsp3) is 0.350. The first kappa shape index (κ1) is 21.2. The van der Waals surface area contributed by atoms with Crippen LogP contribution in [0.1, 0.15) is 24.4 Å². The molecule has 9 heteroatoms. The number of sulfone groups is 1. The van der Waals surface area contributed by atoms with Gasteiger partial charge in [0.1, 0.15) is 5.75 Å². The Morgan fingerprint density at radius 2 is 1.97 bits per heavy atom. The summed E-state index contributed by atoms with van der Waals surface area (Å²) in [5.41, 5.74) is 1.43. The van der Waals surface area contributed by atoms with Gasteiger partial charge in [-0.1, -0.05) is 12.1 Å². The maximum Gasteiger partial charge on any atom is 0.341 e. The third-order valence-corrected chi connectivity index (χ3v) is 6.29. The maximum atomic E-state index is 12.6. The van der Waals surface area contributed by atoms with Crippen LogP contribution in [0.15, 0.2) is 53.4 Å². The molecule has 1 unspecified atom stereocenters. The molecule has 1 N–H and O–H groups in total. The quantitative estimate of drug-likeness (QED) is 0.737. The number of amides is 1. The van der Waals surface area contributed by atoms with Crippen molar-refractivity contribution in [3.05, 3.63) is 54.1 Å². The summed E-state index contributed by atoms with van der Waals surface area (Å²) in [4.78, 5) is 14.0. The van der Waals surface area contributed by atoms with E-state index in [9.17, 15) is 22.0 Å². The minimum atomic E-state index is -4.65. The standard InChI is InChI=1S/C20H22F2N2O4S/c1-28-16-5-2-4-14(12-16)18-6-3-11-24(18)13-19(25)23-15-7-9-17(10-8-15)29(26,27)20(21)22/h2,4-5,7-10,12,18,20H,3,6,11,13H2,1H3,(H,23,25). The number of carbonyl (C=O) groups excluding carboxylic acids is 1. The molecule has 29 heavy (non-hydrogen) atoms. The summed E-state index contributed by atoms with van der Waals surface area (Å²) in [6.07, 6.45) is 1.90. The summed E-state index contributed by atoms with van der Waals surface area (Å²) in [7, 11) is -3.04. The number of methoxy groups -OCH3 is 1. The van der Waals surface area contributed by atoms with Crippen molar-refractivity contribution in [1.29, 1.82) is 0 Å². The lowest BCUT2D eigenvalue weighted by Crippen LogP contribution is -2.32. The van der Waals surface area contributed by atoms with E-state index < -0.39 is 20.5 Å². The van der Waals surface area contributed by atoms with Gasteiger partial charge in [0, 0.05) is 11.7 Å². The number of rotatable bonds is 7. The molecule has 0 aromatic heterocycles. The summed E-state index contributed by atoms with van der Waals surface area (Å²) in [6.45, 7) is 0.944. The zero-order valence-corrected chi connectivity index (χ0v) is 16.7. The van der Waals surface area contributed by atoms with Crippen molar-refractivity contribution >= 4 is 21.4 Å². The predicted molar refractivity (Wildman–Crippen MR) is 105 cm³/mol. The summed E-state index contributed by atoms with van der Waals surface area (Å²) < 4.78 is 53.4. The van der Waals surface area contributed by atoms with E-state index in [0.717, 1.165) is 42.8 Å². The number of nitrogens with one attached hydrogen (secondary N) is 1. The Morgan fingerprint density at radius 3 is 2.62 bits per heavy atom. The van der Waals surface area contributed by atoms with E-state index in [1.165, 1.54) is 12.1 Å². The molecule has 0 radical (unpaired) electrons. The fourth-order valence-electron chi connectivity index (χ4n) is 3.46. The molecule has 3 rings (SSSR count). The molecule has 1 saturated heterocycles. The summed E-state index contributed by atoms with van der Waals surface area (Å²) in [5, 5.41) is 2.68. The minimum Gasteiger partial charge on any atom is -0.497 e. The van der Waals surface area contributed by atoms with Gasteiger partial charge >= 0.3 is 5.76 Å². The van der Waals surface area contributed by atoms with Crippen molar-refractivity contribution in [3.8, 4) is 5.75 Å². The molecule has 6 nitrogen and oxygen atoms in total. The number of anilines is 1. The van der Waals surface area contributed by atoms with E-state index in [4.69, 9.17) is 4.74 Å². The van der Waals surface area contributed by atoms with Crippen LogP contribution in [0.25, 0.3) is 0 Å². The highest BCUT2D eigenvalue weighted by molar-refractivity contribution is 7.91. The van der Waals surface area contributed by atoms with Crippen LogP contribution in [0.2, 0.25) is 0 Å². The van der Waals surface area contributed by atoms with Crippen molar-refractivity contribution in [2.24, 2.45) is 0 Å². The number of carbonyl (C=O) groups is 1. The first-order valence-electron chi connectivity index (χ1n) is 9.11. The van der Waals surface area contributed by atoms with Gasteiger partial charge in [0.05, 0.1) is 18.6 Å². The smallest absolute Gasteiger partial charge is 0.341 e. The van der Waals surface area contributed by atoms with E-state index in [1.54, 1.807) is 7.11 Å². The average molecular weight is 424 g/mol. The third kappa shape index (κ3) is 4.91. The van der Waals surface area contributed by atoms with Crippen molar-refractivity contribution in [2.45, 2.75) is 29.5 Å². The zero-order chi connectivity index (χ0) is 21.0. The van der Waals surface area contributed by atoms with Crippen LogP contribution in [-0.2, 0) is 14.6 Å². The normalized spacial score (nSPS) is 17.4. The van der Waals surface area contributed by atoms with Crippen LogP contribution < -0.4 is 10.1 Å². The van der Waals surface area contributed by atoms with Crippen molar-refractivity contribution in [3.63, 3.8) is 0 Å². The van der Waals surface area contributed by atoms with Gasteiger partial charge in [-0.15, -0.1) is 0 Å². The van der Waals surface area contributed by atoms with E-state index >= 15 is 0 Å². The lowest BCUT2D eigenvalue weighted by atomic mass is 10.0. The third-order valence-electron chi connectivity index (χ3n) is 4.89. The van der Waals surface area contributed by atoms with Crippen LogP contribution in [-0.4, -0.2) is 45.2 Å². The van der Waals surface area contributed by atoms with Gasteiger partial charge in [0.2, 0.25) is 15.7 Å². The first-order valence-corrected chi connectivity index (χ1v) is 10.7. The summed E-state index contributed by atoms with van der Waals surface area (Å²) in [5.74, 6) is -2.98. The van der Waals surface area contributed by atoms with Crippen LogP contribution in [0.5, 0.6) is 5.75 Å². The number of hydrogen-bond acceptors (Lipinski definition) is 5. The number of alkyl halides is 2. The van der Waals surface area contributed by atoms with E-state index in [-0.39, 0.29) is 18.5 Å². The zero-order valence-electron chi connectivity index (χ0n) is 15.8. The molecule has 2 aromatic carbocycles. The lowest BCUT2D eigenvalue weighted by molar-refractivity contribution is -0.117. The molecule has 1 atom stereocenters. The maximum absolute atomic E-state index is 12.6. The molecular formula is C20H22F2N2O4S. The minimum absolute atomic E-state index is 0.106. The van der Waals surface area contributed by atoms with Gasteiger partial charge in [0.15, 0.2) is 0 Å². The SMILES string of the molecule is COc1cccc(C2CCCN2CC(=O)Nc2ccc(S(=O)(=O)C(F)F)cc2)c1. The highest BCUT2D eigenvalue weighted by atomic mass is 32.2. The first-order chi connectivity index (χ1) is 13.8. The highest BCUT2D eigenvalue weighted by Gasteiger charge is 2.28. The van der Waals surface area contributed by atoms with Crippen LogP contribution in [0.4, 0.5) is 14.5 Å². The second-order valence-corrected chi connectivity index (χ2v) is 8.70. The number of ether oxygens (including phenoxy) is 1. The predicted octanol–water partition coefficient (Wildman–Crippen LogP) is 3.47.